The van der Waals surface area contributed by atoms with Crippen LogP contribution in [0.3, 0.4) is 0 Å². The van der Waals surface area contributed by atoms with Gasteiger partial charge in [0, 0.05) is 10.9 Å². The fourth-order valence-corrected chi connectivity index (χ4v) is 9.79. The average molecular weight is 401 g/mol. The summed E-state index contributed by atoms with van der Waals surface area (Å²) < 4.78 is 6.66. The van der Waals surface area contributed by atoms with Gasteiger partial charge in [0.25, 0.3) is 0 Å². The van der Waals surface area contributed by atoms with Crippen molar-refractivity contribution in [3.05, 3.63) is 64.2 Å². The van der Waals surface area contributed by atoms with Crippen LogP contribution in [0.4, 0.5) is 0 Å². The third-order valence-electron chi connectivity index (χ3n) is 6.14. The summed E-state index contributed by atoms with van der Waals surface area (Å²) in [6.45, 7) is 14.7. The van der Waals surface area contributed by atoms with Gasteiger partial charge in [-0.3, -0.25) is 0 Å². The maximum atomic E-state index is 6.88. The highest BCUT2D eigenvalue weighted by molar-refractivity contribution is 6.89. The third-order valence-corrected chi connectivity index (χ3v) is 11.2. The molecule has 1 nitrogen and oxygen atoms in total. The molecule has 0 saturated carbocycles. The van der Waals surface area contributed by atoms with Crippen LogP contribution in [-0.4, -0.2) is 16.1 Å². The molecule has 2 aliphatic heterocycles. The molecule has 2 aromatic carbocycles. The van der Waals surface area contributed by atoms with Crippen LogP contribution in [0, 0.1) is 0 Å². The number of ether oxygens (including phenoxy) is 1. The highest BCUT2D eigenvalue weighted by Crippen LogP contribution is 2.66. The summed E-state index contributed by atoms with van der Waals surface area (Å²) in [5.74, 6) is 0.386. The lowest BCUT2D eigenvalue weighted by atomic mass is 9.79. The maximum absolute atomic E-state index is 6.88. The topological polar surface area (TPSA) is 9.23 Å². The van der Waals surface area contributed by atoms with Crippen LogP contribution >= 0.6 is 11.6 Å². The van der Waals surface area contributed by atoms with Gasteiger partial charge in [0.2, 0.25) is 0 Å². The van der Waals surface area contributed by atoms with Gasteiger partial charge in [-0.25, -0.2) is 0 Å². The molecule has 4 rings (SSSR count). The summed E-state index contributed by atoms with van der Waals surface area (Å²) >= 11 is 6.88. The zero-order valence-corrected chi connectivity index (χ0v) is 19.4. The molecule has 2 heterocycles. The molecule has 0 amide bonds. The molecule has 4 atom stereocenters. The molecule has 138 valence electrons. The molecule has 4 heteroatoms. The quantitative estimate of drug-likeness (QED) is 0.534. The second-order valence-electron chi connectivity index (χ2n) is 9.97. The number of hydrogen-bond donors (Lipinski definition) is 0. The Labute approximate surface area is 164 Å². The molecule has 0 aliphatic carbocycles. The lowest BCUT2D eigenvalue weighted by Gasteiger charge is -2.39. The first-order valence-corrected chi connectivity index (χ1v) is 17.1. The molecule has 2 bridgehead atoms. The Balaban J connectivity index is 1.95. The van der Waals surface area contributed by atoms with Gasteiger partial charge in [-0.1, -0.05) is 92.5 Å². The van der Waals surface area contributed by atoms with Gasteiger partial charge in [-0.2, -0.15) is 0 Å². The second kappa shape index (κ2) is 6.06. The molecule has 2 aliphatic rings. The Hall–Kier alpha value is -0.876. The number of halogens is 1. The van der Waals surface area contributed by atoms with Crippen molar-refractivity contribution in [3.8, 4) is 0 Å². The Bertz CT molecular complexity index is 850. The first kappa shape index (κ1) is 18.5. The Morgan fingerprint density at radius 1 is 0.808 bits per heavy atom. The summed E-state index contributed by atoms with van der Waals surface area (Å²) in [4.78, 5) is 0. The number of hydrogen-bond acceptors (Lipinski definition) is 1. The number of benzene rings is 2. The molecule has 2 aromatic rings. The van der Waals surface area contributed by atoms with E-state index in [0.717, 1.165) is 5.02 Å². The van der Waals surface area contributed by atoms with Gasteiger partial charge in [-0.15, -0.1) is 0 Å². The van der Waals surface area contributed by atoms with E-state index in [1.54, 1.807) is 0 Å². The van der Waals surface area contributed by atoms with Crippen LogP contribution in [0.25, 0.3) is 0 Å². The molecular weight excluding hydrogens is 372 g/mol. The molecule has 4 unspecified atom stereocenters. The highest BCUT2D eigenvalue weighted by atomic mass is 35.5. The number of fused-ring (bicyclic) bond motifs is 5. The summed E-state index contributed by atoms with van der Waals surface area (Å²) in [7, 11) is -2.97. The summed E-state index contributed by atoms with van der Waals surface area (Å²) in [5, 5.41) is 2.44. The normalized spacial score (nSPS) is 27.7. The number of rotatable bonds is 3. The molecule has 1 saturated heterocycles. The van der Waals surface area contributed by atoms with E-state index >= 15 is 0 Å². The molecule has 0 radical (unpaired) electrons. The Kier molecular flexibility index (Phi) is 4.31. The van der Waals surface area contributed by atoms with E-state index in [0.29, 0.717) is 11.5 Å². The van der Waals surface area contributed by atoms with Gasteiger partial charge >= 0.3 is 0 Å². The van der Waals surface area contributed by atoms with Crippen LogP contribution < -0.4 is 5.19 Å². The highest BCUT2D eigenvalue weighted by Gasteiger charge is 2.57. The lowest BCUT2D eigenvalue weighted by Crippen LogP contribution is -2.44. The first-order valence-electron chi connectivity index (χ1n) is 9.64. The summed E-state index contributed by atoms with van der Waals surface area (Å²) in [6.07, 6.45) is 0.390. The van der Waals surface area contributed by atoms with E-state index in [1.165, 1.54) is 21.9 Å². The van der Waals surface area contributed by atoms with E-state index in [4.69, 9.17) is 16.3 Å². The zero-order valence-electron chi connectivity index (χ0n) is 16.6. The minimum atomic E-state index is -1.51. The van der Waals surface area contributed by atoms with Crippen molar-refractivity contribution in [2.75, 3.05) is 0 Å². The fourth-order valence-electron chi connectivity index (χ4n) is 5.12. The summed E-state index contributed by atoms with van der Waals surface area (Å²) in [5.41, 5.74) is 4.77. The van der Waals surface area contributed by atoms with Crippen molar-refractivity contribution in [2.45, 2.75) is 62.9 Å². The maximum Gasteiger partial charge on any atom is 0.0906 e. The standard InChI is InChI=1S/C22H29ClOSi2/c1-25(2,3)17-13-9-12-16(23)18(17)19-20-14-10-7-8-11-15(14)21(24-20)22(19)26(4,5)6/h7-13,19-22H,1-6H3. The Morgan fingerprint density at radius 2 is 1.42 bits per heavy atom. The van der Waals surface area contributed by atoms with Gasteiger partial charge in [0.15, 0.2) is 0 Å². The van der Waals surface area contributed by atoms with Gasteiger partial charge in [0.05, 0.1) is 28.4 Å². The van der Waals surface area contributed by atoms with Gasteiger partial charge < -0.3 is 4.74 Å². The SMILES string of the molecule is C[Si](C)(C)c1cccc(Cl)c1C1C2OC(c3ccccc32)C1[Si](C)(C)C. The minimum Gasteiger partial charge on any atom is -0.365 e. The molecule has 26 heavy (non-hydrogen) atoms. The third kappa shape index (κ3) is 2.75. The first-order chi connectivity index (χ1) is 12.1. The van der Waals surface area contributed by atoms with Crippen LogP contribution in [0.5, 0.6) is 0 Å². The van der Waals surface area contributed by atoms with Crippen molar-refractivity contribution in [1.82, 2.24) is 0 Å². The van der Waals surface area contributed by atoms with Gasteiger partial charge in [-0.05, 0) is 28.3 Å². The van der Waals surface area contributed by atoms with Crippen LogP contribution in [-0.2, 0) is 4.74 Å². The molecule has 0 spiro atoms. The fraction of sp³-hybridized carbons (Fsp3) is 0.455. The molecule has 1 fully saturated rings. The summed E-state index contributed by atoms with van der Waals surface area (Å²) in [6, 6.07) is 15.4. The predicted octanol–water partition coefficient (Wildman–Crippen LogP) is 6.50. The van der Waals surface area contributed by atoms with Crippen molar-refractivity contribution in [3.63, 3.8) is 0 Å². The van der Waals surface area contributed by atoms with E-state index in [2.05, 4.69) is 81.7 Å². The van der Waals surface area contributed by atoms with E-state index in [-0.39, 0.29) is 12.2 Å². The zero-order chi connectivity index (χ0) is 18.9. The van der Waals surface area contributed by atoms with E-state index in [9.17, 15) is 0 Å². The largest absolute Gasteiger partial charge is 0.365 e. The minimum absolute atomic E-state index is 0.155. The van der Waals surface area contributed by atoms with Crippen LogP contribution in [0.1, 0.15) is 34.8 Å². The van der Waals surface area contributed by atoms with Crippen LogP contribution in [0.15, 0.2) is 42.5 Å². The van der Waals surface area contributed by atoms with E-state index in [1.807, 2.05) is 0 Å². The van der Waals surface area contributed by atoms with E-state index < -0.39 is 16.1 Å². The van der Waals surface area contributed by atoms with Crippen molar-refractivity contribution in [1.29, 1.82) is 0 Å². The van der Waals surface area contributed by atoms with Gasteiger partial charge in [0.1, 0.15) is 0 Å². The van der Waals surface area contributed by atoms with Crippen molar-refractivity contribution in [2.24, 2.45) is 0 Å². The van der Waals surface area contributed by atoms with Crippen LogP contribution in [0.2, 0.25) is 49.8 Å². The second-order valence-corrected chi connectivity index (χ2v) is 20.8. The Morgan fingerprint density at radius 3 is 2.00 bits per heavy atom. The molecule has 0 aromatic heterocycles. The molecule has 0 N–H and O–H groups in total. The van der Waals surface area contributed by atoms with Crippen molar-refractivity contribution < 1.29 is 4.74 Å². The molecular formula is C22H29ClOSi2. The smallest absolute Gasteiger partial charge is 0.0906 e. The van der Waals surface area contributed by atoms with Crippen molar-refractivity contribution >= 4 is 32.9 Å². The predicted molar refractivity (Wildman–Crippen MR) is 117 cm³/mol. The lowest BCUT2D eigenvalue weighted by molar-refractivity contribution is 0.0672. The monoisotopic (exact) mass is 400 g/mol. The average Bonchev–Trinajstić information content (AvgIpc) is 3.10.